The van der Waals surface area contributed by atoms with E-state index < -0.39 is 0 Å². The fraction of sp³-hybridized carbons (Fsp3) is 0.600. The normalized spacial score (nSPS) is 22.5. The van der Waals surface area contributed by atoms with Crippen LogP contribution in [0.1, 0.15) is 42.9 Å². The lowest BCUT2D eigenvalue weighted by atomic mass is 9.82. The molecule has 0 fully saturated rings. The maximum atomic E-state index is 4.66. The summed E-state index contributed by atoms with van der Waals surface area (Å²) in [6.45, 7) is 7.72. The van der Waals surface area contributed by atoms with Crippen LogP contribution in [0.2, 0.25) is 0 Å². The van der Waals surface area contributed by atoms with E-state index >= 15 is 0 Å². The van der Waals surface area contributed by atoms with Gasteiger partial charge >= 0.3 is 0 Å². The number of rotatable bonds is 3. The predicted molar refractivity (Wildman–Crippen MR) is 78.6 cm³/mol. The topological polar surface area (TPSA) is 30.7 Å². The van der Waals surface area contributed by atoms with Crippen LogP contribution in [0, 0.1) is 11.8 Å². The third kappa shape index (κ3) is 2.46. The SMILES string of the molecule is CCc1nc(Cn2cnc3c2CC(C)C(C)C3)cs1. The van der Waals surface area contributed by atoms with E-state index in [9.17, 15) is 0 Å². The van der Waals surface area contributed by atoms with Crippen molar-refractivity contribution in [3.63, 3.8) is 0 Å². The average Bonchev–Trinajstić information content (AvgIpc) is 2.99. The molecule has 19 heavy (non-hydrogen) atoms. The smallest absolute Gasteiger partial charge is 0.0955 e. The van der Waals surface area contributed by atoms with E-state index in [1.165, 1.54) is 22.1 Å². The van der Waals surface area contributed by atoms with Crippen molar-refractivity contribution in [2.24, 2.45) is 11.8 Å². The van der Waals surface area contributed by atoms with Crippen molar-refractivity contribution in [1.29, 1.82) is 0 Å². The van der Waals surface area contributed by atoms with Crippen LogP contribution in [-0.2, 0) is 25.8 Å². The van der Waals surface area contributed by atoms with E-state index in [-0.39, 0.29) is 0 Å². The quantitative estimate of drug-likeness (QED) is 0.860. The summed E-state index contributed by atoms with van der Waals surface area (Å²) in [5.41, 5.74) is 3.90. The minimum atomic E-state index is 0.752. The van der Waals surface area contributed by atoms with Crippen LogP contribution in [0.4, 0.5) is 0 Å². The molecule has 102 valence electrons. The summed E-state index contributed by atoms with van der Waals surface area (Å²) in [6, 6.07) is 0. The summed E-state index contributed by atoms with van der Waals surface area (Å²) < 4.78 is 2.30. The molecular formula is C15H21N3S. The zero-order valence-corrected chi connectivity index (χ0v) is 12.7. The third-order valence-corrected chi connectivity index (χ3v) is 5.31. The number of aromatic nitrogens is 3. The highest BCUT2D eigenvalue weighted by atomic mass is 32.1. The van der Waals surface area contributed by atoms with Crippen LogP contribution in [-0.4, -0.2) is 14.5 Å². The Morgan fingerprint density at radius 3 is 2.84 bits per heavy atom. The van der Waals surface area contributed by atoms with Crippen molar-refractivity contribution in [3.8, 4) is 0 Å². The number of hydrogen-bond acceptors (Lipinski definition) is 3. The highest BCUT2D eigenvalue weighted by molar-refractivity contribution is 7.09. The molecule has 3 nitrogen and oxygen atoms in total. The van der Waals surface area contributed by atoms with Crippen molar-refractivity contribution >= 4 is 11.3 Å². The van der Waals surface area contributed by atoms with E-state index in [0.717, 1.165) is 37.6 Å². The fourth-order valence-electron chi connectivity index (χ4n) is 2.76. The molecule has 2 unspecified atom stereocenters. The van der Waals surface area contributed by atoms with Crippen LogP contribution in [0.15, 0.2) is 11.7 Å². The Morgan fingerprint density at radius 2 is 2.11 bits per heavy atom. The molecule has 0 bridgehead atoms. The molecular weight excluding hydrogens is 254 g/mol. The van der Waals surface area contributed by atoms with Crippen LogP contribution in [0.3, 0.4) is 0 Å². The number of fused-ring (bicyclic) bond motifs is 1. The molecule has 2 atom stereocenters. The van der Waals surface area contributed by atoms with E-state index in [0.29, 0.717) is 0 Å². The van der Waals surface area contributed by atoms with Gasteiger partial charge in [0.25, 0.3) is 0 Å². The lowest BCUT2D eigenvalue weighted by molar-refractivity contribution is 0.350. The molecule has 0 N–H and O–H groups in total. The summed E-state index contributed by atoms with van der Waals surface area (Å²) in [5, 5.41) is 3.41. The molecule has 0 radical (unpaired) electrons. The third-order valence-electron chi connectivity index (χ3n) is 4.27. The zero-order valence-electron chi connectivity index (χ0n) is 11.9. The average molecular weight is 275 g/mol. The van der Waals surface area contributed by atoms with Crippen molar-refractivity contribution in [2.75, 3.05) is 0 Å². The molecule has 0 saturated carbocycles. The Balaban J connectivity index is 1.83. The lowest BCUT2D eigenvalue weighted by Crippen LogP contribution is -2.22. The lowest BCUT2D eigenvalue weighted by Gasteiger charge is -2.26. The van der Waals surface area contributed by atoms with Crippen molar-refractivity contribution in [2.45, 2.75) is 46.6 Å². The maximum absolute atomic E-state index is 4.66. The van der Waals surface area contributed by atoms with Gasteiger partial charge in [-0.05, 0) is 31.1 Å². The zero-order chi connectivity index (χ0) is 13.4. The molecule has 3 rings (SSSR count). The monoisotopic (exact) mass is 275 g/mol. The van der Waals surface area contributed by atoms with Gasteiger partial charge in [0.2, 0.25) is 0 Å². The molecule has 2 aromatic rings. The van der Waals surface area contributed by atoms with Gasteiger partial charge in [-0.3, -0.25) is 0 Å². The molecule has 1 aliphatic rings. The second-order valence-corrected chi connectivity index (χ2v) is 6.66. The van der Waals surface area contributed by atoms with Gasteiger partial charge in [0, 0.05) is 11.1 Å². The minimum Gasteiger partial charge on any atom is -0.328 e. The molecule has 0 saturated heterocycles. The molecule has 0 aromatic carbocycles. The Hall–Kier alpha value is -1.16. The Kier molecular flexibility index (Phi) is 3.44. The molecule has 0 amide bonds. The summed E-state index contributed by atoms with van der Waals surface area (Å²) in [7, 11) is 0. The first-order valence-electron chi connectivity index (χ1n) is 7.13. The van der Waals surface area contributed by atoms with Gasteiger partial charge in [0.1, 0.15) is 0 Å². The number of imidazole rings is 1. The minimum absolute atomic E-state index is 0.752. The highest BCUT2D eigenvalue weighted by Gasteiger charge is 2.25. The van der Waals surface area contributed by atoms with Gasteiger partial charge in [0.15, 0.2) is 0 Å². The van der Waals surface area contributed by atoms with Crippen LogP contribution < -0.4 is 0 Å². The first-order chi connectivity index (χ1) is 9.17. The molecule has 2 aromatic heterocycles. The summed E-state index contributed by atoms with van der Waals surface area (Å²) >= 11 is 1.76. The van der Waals surface area contributed by atoms with Gasteiger partial charge in [-0.2, -0.15) is 0 Å². The fourth-order valence-corrected chi connectivity index (χ4v) is 3.50. The number of thiazole rings is 1. The van der Waals surface area contributed by atoms with E-state index in [1.807, 2.05) is 6.33 Å². The van der Waals surface area contributed by atoms with Gasteiger partial charge < -0.3 is 4.57 Å². The van der Waals surface area contributed by atoms with Crippen LogP contribution >= 0.6 is 11.3 Å². The van der Waals surface area contributed by atoms with Crippen molar-refractivity contribution < 1.29 is 0 Å². The van der Waals surface area contributed by atoms with Gasteiger partial charge in [-0.25, -0.2) is 9.97 Å². The largest absolute Gasteiger partial charge is 0.328 e. The highest BCUT2D eigenvalue weighted by Crippen LogP contribution is 2.29. The van der Waals surface area contributed by atoms with E-state index in [4.69, 9.17) is 0 Å². The Labute approximate surface area is 118 Å². The number of nitrogens with zero attached hydrogens (tertiary/aromatic N) is 3. The first kappa shape index (κ1) is 12.9. The Morgan fingerprint density at radius 1 is 1.32 bits per heavy atom. The van der Waals surface area contributed by atoms with Crippen LogP contribution in [0.5, 0.6) is 0 Å². The van der Waals surface area contributed by atoms with Gasteiger partial charge in [-0.15, -0.1) is 11.3 Å². The second kappa shape index (κ2) is 5.08. The molecule has 1 aliphatic carbocycles. The standard InChI is InChI=1S/C15H21N3S/c1-4-15-17-12(8-19-15)7-18-9-16-13-5-10(2)11(3)6-14(13)18/h8-11H,4-7H2,1-3H3. The molecule has 0 spiro atoms. The first-order valence-corrected chi connectivity index (χ1v) is 8.01. The van der Waals surface area contributed by atoms with E-state index in [2.05, 4.69) is 40.7 Å². The number of aryl methyl sites for hydroxylation is 1. The summed E-state index contributed by atoms with van der Waals surface area (Å²) in [5.74, 6) is 1.51. The number of hydrogen-bond donors (Lipinski definition) is 0. The molecule has 2 heterocycles. The predicted octanol–water partition coefficient (Wildman–Crippen LogP) is 3.32. The van der Waals surface area contributed by atoms with Crippen molar-refractivity contribution in [3.05, 3.63) is 33.8 Å². The maximum Gasteiger partial charge on any atom is 0.0955 e. The van der Waals surface area contributed by atoms with Gasteiger partial charge in [0.05, 0.1) is 29.3 Å². The van der Waals surface area contributed by atoms with Crippen molar-refractivity contribution in [1.82, 2.24) is 14.5 Å². The van der Waals surface area contributed by atoms with Gasteiger partial charge in [-0.1, -0.05) is 20.8 Å². The second-order valence-electron chi connectivity index (χ2n) is 5.71. The van der Waals surface area contributed by atoms with Crippen LogP contribution in [0.25, 0.3) is 0 Å². The molecule has 0 aliphatic heterocycles. The summed E-state index contributed by atoms with van der Waals surface area (Å²) in [6.07, 6.45) is 5.31. The summed E-state index contributed by atoms with van der Waals surface area (Å²) in [4.78, 5) is 9.26. The molecule has 4 heteroatoms. The van der Waals surface area contributed by atoms with E-state index in [1.54, 1.807) is 11.3 Å². The Bertz CT molecular complexity index is 570.